The van der Waals surface area contributed by atoms with Gasteiger partial charge in [0.2, 0.25) is 0 Å². The quantitative estimate of drug-likeness (QED) is 0.864. The predicted molar refractivity (Wildman–Crippen MR) is 95.0 cm³/mol. The summed E-state index contributed by atoms with van der Waals surface area (Å²) in [5.41, 5.74) is 1.95. The molecule has 0 fully saturated rings. The lowest BCUT2D eigenvalue weighted by molar-refractivity contribution is 0.101. The van der Waals surface area contributed by atoms with Crippen molar-refractivity contribution in [2.45, 2.75) is 19.1 Å². The average molecular weight is 348 g/mol. The maximum Gasteiger partial charge on any atom is 0.317 e. The molecular weight excluding hydrogens is 326 g/mol. The second-order valence-electron chi connectivity index (χ2n) is 5.53. The van der Waals surface area contributed by atoms with Gasteiger partial charge in [-0.05, 0) is 42.3 Å². The highest BCUT2D eigenvalue weighted by atomic mass is 35.5. The lowest BCUT2D eigenvalue weighted by atomic mass is 10.1. The number of nitrogens with zero attached hydrogens (tertiary/aromatic N) is 2. The van der Waals surface area contributed by atoms with Gasteiger partial charge in [0.25, 0.3) is 0 Å². The van der Waals surface area contributed by atoms with Gasteiger partial charge in [0.15, 0.2) is 0 Å². The number of urea groups is 1. The summed E-state index contributed by atoms with van der Waals surface area (Å²) < 4.78 is 5.47. The largest absolute Gasteiger partial charge is 0.375 e. The van der Waals surface area contributed by atoms with Crippen LogP contribution < -0.4 is 5.32 Å². The number of hydrogen-bond donors (Lipinski definition) is 1. The van der Waals surface area contributed by atoms with Gasteiger partial charge in [-0.3, -0.25) is 4.98 Å². The first-order valence-corrected chi connectivity index (χ1v) is 8.09. The van der Waals surface area contributed by atoms with Crippen LogP contribution in [-0.2, 0) is 4.74 Å². The van der Waals surface area contributed by atoms with E-state index in [4.69, 9.17) is 16.3 Å². The van der Waals surface area contributed by atoms with Gasteiger partial charge in [-0.15, -0.1) is 0 Å². The zero-order valence-corrected chi connectivity index (χ0v) is 14.8. The van der Waals surface area contributed by atoms with E-state index in [1.807, 2.05) is 37.3 Å². The van der Waals surface area contributed by atoms with Crippen LogP contribution >= 0.6 is 11.6 Å². The van der Waals surface area contributed by atoms with Crippen LogP contribution in [0.1, 0.15) is 30.2 Å². The minimum absolute atomic E-state index is 0.0554. The number of amides is 2. The maximum absolute atomic E-state index is 12.4. The number of aromatic nitrogens is 1. The first kappa shape index (κ1) is 18.2. The number of carbonyl (C=O) groups excluding carboxylic acids is 1. The van der Waals surface area contributed by atoms with Gasteiger partial charge in [-0.25, -0.2) is 4.79 Å². The molecule has 1 heterocycles. The van der Waals surface area contributed by atoms with Crippen molar-refractivity contribution in [3.8, 4) is 0 Å². The number of benzene rings is 1. The van der Waals surface area contributed by atoms with Crippen LogP contribution in [0.25, 0.3) is 0 Å². The Morgan fingerprint density at radius 3 is 2.62 bits per heavy atom. The number of ether oxygens (including phenoxy) is 1. The first-order valence-electron chi connectivity index (χ1n) is 7.71. The Morgan fingerprint density at radius 2 is 2.00 bits per heavy atom. The van der Waals surface area contributed by atoms with Crippen LogP contribution in [0.2, 0.25) is 5.02 Å². The molecule has 2 atom stereocenters. The minimum Gasteiger partial charge on any atom is -0.375 e. The van der Waals surface area contributed by atoms with Gasteiger partial charge in [-0.1, -0.05) is 23.7 Å². The number of halogens is 1. The summed E-state index contributed by atoms with van der Waals surface area (Å²) in [5, 5.41) is 3.55. The Balaban J connectivity index is 1.96. The molecule has 0 saturated heterocycles. The number of carbonyl (C=O) groups is 1. The zero-order valence-electron chi connectivity index (χ0n) is 14.1. The van der Waals surface area contributed by atoms with Crippen molar-refractivity contribution in [3.63, 3.8) is 0 Å². The molecule has 0 spiro atoms. The summed E-state index contributed by atoms with van der Waals surface area (Å²) in [6.45, 7) is 2.34. The summed E-state index contributed by atoms with van der Waals surface area (Å²) in [4.78, 5) is 18.0. The van der Waals surface area contributed by atoms with Gasteiger partial charge in [-0.2, -0.15) is 0 Å². The van der Waals surface area contributed by atoms with Crippen LogP contribution in [0.4, 0.5) is 4.79 Å². The van der Waals surface area contributed by atoms with Gasteiger partial charge in [0.1, 0.15) is 0 Å². The van der Waals surface area contributed by atoms with E-state index < -0.39 is 0 Å². The van der Waals surface area contributed by atoms with Gasteiger partial charge < -0.3 is 15.0 Å². The molecule has 0 bridgehead atoms. The predicted octanol–water partition coefficient (Wildman–Crippen LogP) is 3.83. The van der Waals surface area contributed by atoms with Crippen LogP contribution in [0.3, 0.4) is 0 Å². The van der Waals surface area contributed by atoms with Crippen LogP contribution in [0.15, 0.2) is 48.8 Å². The highest BCUT2D eigenvalue weighted by molar-refractivity contribution is 6.30. The maximum atomic E-state index is 12.4. The van der Waals surface area contributed by atoms with E-state index in [1.54, 1.807) is 37.5 Å². The van der Waals surface area contributed by atoms with Crippen molar-refractivity contribution in [1.82, 2.24) is 15.2 Å². The van der Waals surface area contributed by atoms with Crippen LogP contribution in [0, 0.1) is 0 Å². The van der Waals surface area contributed by atoms with E-state index in [-0.39, 0.29) is 18.2 Å². The van der Waals surface area contributed by atoms with Gasteiger partial charge >= 0.3 is 6.03 Å². The fourth-order valence-corrected chi connectivity index (χ4v) is 2.59. The Bertz CT molecular complexity index is 666. The molecule has 1 aromatic carbocycles. The molecule has 0 aliphatic heterocycles. The number of hydrogen-bond acceptors (Lipinski definition) is 3. The Hall–Kier alpha value is -2.11. The molecule has 5 nitrogen and oxygen atoms in total. The highest BCUT2D eigenvalue weighted by Gasteiger charge is 2.19. The molecule has 0 aliphatic carbocycles. The van der Waals surface area contributed by atoms with Crippen LogP contribution in [-0.4, -0.2) is 36.6 Å². The Kier molecular flexibility index (Phi) is 6.58. The average Bonchev–Trinajstić information content (AvgIpc) is 2.61. The lowest BCUT2D eigenvalue weighted by Gasteiger charge is -2.26. The van der Waals surface area contributed by atoms with Crippen molar-refractivity contribution in [2.75, 3.05) is 20.7 Å². The van der Waals surface area contributed by atoms with E-state index >= 15 is 0 Å². The third-order valence-corrected chi connectivity index (χ3v) is 4.27. The Labute approximate surface area is 147 Å². The summed E-state index contributed by atoms with van der Waals surface area (Å²) in [6, 6.07) is 11.0. The monoisotopic (exact) mass is 347 g/mol. The summed E-state index contributed by atoms with van der Waals surface area (Å²) in [7, 11) is 3.38. The molecule has 0 saturated carbocycles. The fraction of sp³-hybridized carbons (Fsp3) is 0.333. The van der Waals surface area contributed by atoms with E-state index in [2.05, 4.69) is 10.3 Å². The molecule has 6 heteroatoms. The van der Waals surface area contributed by atoms with Gasteiger partial charge in [0.05, 0.1) is 12.1 Å². The van der Waals surface area contributed by atoms with Gasteiger partial charge in [0, 0.05) is 38.1 Å². The molecule has 0 aliphatic rings. The summed E-state index contributed by atoms with van der Waals surface area (Å²) in [5.74, 6) is 0. The number of methoxy groups -OCH3 is 1. The third kappa shape index (κ3) is 4.69. The smallest absolute Gasteiger partial charge is 0.317 e. The minimum atomic E-state index is -0.253. The van der Waals surface area contributed by atoms with E-state index in [0.717, 1.165) is 11.1 Å². The fourth-order valence-electron chi connectivity index (χ4n) is 2.39. The lowest BCUT2D eigenvalue weighted by Crippen LogP contribution is -2.40. The molecule has 0 radical (unpaired) electrons. The standard InChI is InChI=1S/C18H22ClN3O2/c1-13(14-7-9-20-10-8-14)22(2)18(23)21-12-17(24-3)15-5-4-6-16(19)11-15/h4-11,13,17H,12H2,1-3H3,(H,21,23)/t13-,17-/m0/s1. The number of rotatable bonds is 6. The molecule has 2 amide bonds. The topological polar surface area (TPSA) is 54.5 Å². The van der Waals surface area contributed by atoms with Crippen molar-refractivity contribution in [2.24, 2.45) is 0 Å². The van der Waals surface area contributed by atoms with Crippen molar-refractivity contribution in [3.05, 3.63) is 64.9 Å². The molecule has 128 valence electrons. The van der Waals surface area contributed by atoms with Crippen molar-refractivity contribution in [1.29, 1.82) is 0 Å². The highest BCUT2D eigenvalue weighted by Crippen LogP contribution is 2.21. The van der Waals surface area contributed by atoms with E-state index in [1.165, 1.54) is 0 Å². The molecule has 1 aromatic heterocycles. The number of pyridine rings is 1. The van der Waals surface area contributed by atoms with Crippen LogP contribution in [0.5, 0.6) is 0 Å². The molecule has 1 N–H and O–H groups in total. The first-order chi connectivity index (χ1) is 11.5. The van der Waals surface area contributed by atoms with Crippen molar-refractivity contribution >= 4 is 17.6 Å². The van der Waals surface area contributed by atoms with Crippen molar-refractivity contribution < 1.29 is 9.53 Å². The molecule has 24 heavy (non-hydrogen) atoms. The molecule has 2 rings (SSSR count). The second-order valence-corrected chi connectivity index (χ2v) is 5.97. The van der Waals surface area contributed by atoms with E-state index in [9.17, 15) is 4.79 Å². The molecular formula is C18H22ClN3O2. The van der Waals surface area contributed by atoms with E-state index in [0.29, 0.717) is 11.6 Å². The Morgan fingerprint density at radius 1 is 1.29 bits per heavy atom. The second kappa shape index (κ2) is 8.66. The molecule has 2 aromatic rings. The zero-order chi connectivity index (χ0) is 17.5. The third-order valence-electron chi connectivity index (χ3n) is 4.03. The normalized spacial score (nSPS) is 13.2. The summed E-state index contributed by atoms with van der Waals surface area (Å²) >= 11 is 6.01. The summed E-state index contributed by atoms with van der Waals surface area (Å²) in [6.07, 6.45) is 3.19. The molecule has 0 unspecified atom stereocenters. The SMILES string of the molecule is CO[C@@H](CNC(=O)N(C)[C@@H](C)c1ccncc1)c1cccc(Cl)c1. The number of nitrogens with one attached hydrogen (secondary N) is 1.